The van der Waals surface area contributed by atoms with Gasteiger partial charge < -0.3 is 25.2 Å². The van der Waals surface area contributed by atoms with Gasteiger partial charge in [0.25, 0.3) is 0 Å². The van der Waals surface area contributed by atoms with Gasteiger partial charge in [-0.3, -0.25) is 9.88 Å². The van der Waals surface area contributed by atoms with Crippen LogP contribution in [0.25, 0.3) is 0 Å². The van der Waals surface area contributed by atoms with Gasteiger partial charge in [0, 0.05) is 31.4 Å². The molecule has 40 heavy (non-hydrogen) atoms. The van der Waals surface area contributed by atoms with Crippen LogP contribution in [0.4, 0.5) is 16.0 Å². The first kappa shape index (κ1) is 28.9. The van der Waals surface area contributed by atoms with Crippen LogP contribution in [0.1, 0.15) is 36.9 Å². The second kappa shape index (κ2) is 14.9. The van der Waals surface area contributed by atoms with Crippen molar-refractivity contribution in [2.45, 2.75) is 44.6 Å². The largest absolute Gasteiger partial charge is 0.491 e. The van der Waals surface area contributed by atoms with E-state index in [0.29, 0.717) is 43.6 Å². The van der Waals surface area contributed by atoms with Crippen LogP contribution in [-0.2, 0) is 17.6 Å². The number of halogens is 1. The van der Waals surface area contributed by atoms with Crippen molar-refractivity contribution in [3.63, 3.8) is 0 Å². The Bertz CT molecular complexity index is 1230. The van der Waals surface area contributed by atoms with E-state index in [9.17, 15) is 14.3 Å². The zero-order valence-corrected chi connectivity index (χ0v) is 22.7. The number of carbonyl (C=O) groups is 1. The first-order valence-electron chi connectivity index (χ1n) is 13.5. The van der Waals surface area contributed by atoms with E-state index in [0.717, 1.165) is 62.9 Å². The predicted molar refractivity (Wildman–Crippen MR) is 148 cm³/mol. The Morgan fingerprint density at radius 3 is 2.85 bits per heavy atom. The number of hydrogen-bond acceptors (Lipinski definition) is 10. The summed E-state index contributed by atoms with van der Waals surface area (Å²) < 4.78 is 24.2. The van der Waals surface area contributed by atoms with Gasteiger partial charge in [0.05, 0.1) is 31.9 Å². The molecule has 3 aromatic heterocycles. The van der Waals surface area contributed by atoms with Crippen LogP contribution >= 0.6 is 0 Å². The van der Waals surface area contributed by atoms with Crippen LogP contribution in [0.2, 0.25) is 0 Å². The van der Waals surface area contributed by atoms with E-state index in [1.54, 1.807) is 0 Å². The highest BCUT2D eigenvalue weighted by molar-refractivity contribution is 5.76. The summed E-state index contributed by atoms with van der Waals surface area (Å²) in [6.45, 7) is 3.09. The quantitative estimate of drug-likeness (QED) is 0.225. The topological polar surface area (TPSA) is 135 Å². The lowest BCUT2D eigenvalue weighted by Crippen LogP contribution is -2.37. The van der Waals surface area contributed by atoms with E-state index in [1.165, 1.54) is 37.3 Å². The fraction of sp³-hybridized carbons (Fsp3) is 0.464. The van der Waals surface area contributed by atoms with Crippen LogP contribution in [0.3, 0.4) is 0 Å². The van der Waals surface area contributed by atoms with Crippen molar-refractivity contribution in [2.24, 2.45) is 0 Å². The minimum atomic E-state index is -0.980. The molecule has 11 nitrogen and oxygen atoms in total. The van der Waals surface area contributed by atoms with Gasteiger partial charge in [0.15, 0.2) is 0 Å². The second-order valence-electron chi connectivity index (χ2n) is 9.59. The number of rotatable bonds is 16. The lowest BCUT2D eigenvalue weighted by Gasteiger charge is -2.24. The molecule has 1 aliphatic heterocycles. The summed E-state index contributed by atoms with van der Waals surface area (Å²) >= 11 is 0. The Hall–Kier alpha value is -4.06. The van der Waals surface area contributed by atoms with E-state index >= 15 is 0 Å². The molecule has 4 heterocycles. The summed E-state index contributed by atoms with van der Waals surface area (Å²) in [5, 5.41) is 16.1. The SMILES string of the molecule is COc1cnc(N[C@@H](CCN(CCCCc2ccc3c(n2)NCCC3)CCOc2cncc(F)c2)C(=O)O)cn1. The number of hydrogen-bond donors (Lipinski definition) is 3. The lowest BCUT2D eigenvalue weighted by atomic mass is 10.1. The molecule has 214 valence electrons. The number of aromatic nitrogens is 4. The molecule has 1 aliphatic rings. The fourth-order valence-electron chi connectivity index (χ4n) is 4.49. The summed E-state index contributed by atoms with van der Waals surface area (Å²) in [6.07, 6.45) is 10.7. The van der Waals surface area contributed by atoms with Crippen molar-refractivity contribution in [1.82, 2.24) is 24.8 Å². The maximum Gasteiger partial charge on any atom is 0.326 e. The molecule has 4 rings (SSSR count). The van der Waals surface area contributed by atoms with E-state index in [2.05, 4.69) is 42.6 Å². The zero-order valence-electron chi connectivity index (χ0n) is 22.7. The van der Waals surface area contributed by atoms with Crippen molar-refractivity contribution in [2.75, 3.05) is 50.5 Å². The number of aliphatic carboxylic acids is 1. The molecule has 0 saturated heterocycles. The average Bonchev–Trinajstić information content (AvgIpc) is 2.97. The molecule has 12 heteroatoms. The van der Waals surface area contributed by atoms with Gasteiger partial charge in [-0.1, -0.05) is 6.07 Å². The number of aryl methyl sites for hydroxylation is 2. The lowest BCUT2D eigenvalue weighted by molar-refractivity contribution is -0.138. The third-order valence-electron chi connectivity index (χ3n) is 6.66. The molecule has 1 atom stereocenters. The third-order valence-corrected chi connectivity index (χ3v) is 6.66. The normalized spacial score (nSPS) is 13.3. The minimum Gasteiger partial charge on any atom is -0.491 e. The Labute approximate surface area is 233 Å². The standard InChI is InChI=1S/C28H36FN7O4/c1-39-26-19-32-25(18-33-26)35-24(28(37)38)9-12-36(13-14-40-23-15-21(29)16-30-17-23)11-3-2-6-22-8-7-20-5-4-10-31-27(20)34-22/h7-8,15-19,24H,2-6,9-14H2,1H3,(H,31,34)(H,32,35)(H,37,38)/t24-/m0/s1. The molecule has 0 amide bonds. The number of anilines is 2. The first-order chi connectivity index (χ1) is 19.5. The minimum absolute atomic E-state index is 0.318. The molecular weight excluding hydrogens is 517 g/mol. The number of fused-ring (bicyclic) bond motifs is 1. The summed E-state index contributed by atoms with van der Waals surface area (Å²) in [5.74, 6) is 0.620. The van der Waals surface area contributed by atoms with Gasteiger partial charge >= 0.3 is 5.97 Å². The first-order valence-corrected chi connectivity index (χ1v) is 13.5. The smallest absolute Gasteiger partial charge is 0.326 e. The summed E-state index contributed by atoms with van der Waals surface area (Å²) in [5.41, 5.74) is 2.34. The number of carboxylic acids is 1. The molecule has 0 bridgehead atoms. The van der Waals surface area contributed by atoms with E-state index in [1.807, 2.05) is 0 Å². The fourth-order valence-corrected chi connectivity index (χ4v) is 4.49. The highest BCUT2D eigenvalue weighted by atomic mass is 19.1. The van der Waals surface area contributed by atoms with E-state index < -0.39 is 17.8 Å². The monoisotopic (exact) mass is 553 g/mol. The molecule has 0 unspecified atom stereocenters. The number of ether oxygens (including phenoxy) is 2. The molecule has 0 fully saturated rings. The molecule has 0 saturated carbocycles. The Morgan fingerprint density at radius 2 is 2.08 bits per heavy atom. The molecule has 0 aromatic carbocycles. The van der Waals surface area contributed by atoms with Crippen LogP contribution in [-0.4, -0.2) is 81.8 Å². The van der Waals surface area contributed by atoms with Crippen molar-refractivity contribution in [1.29, 1.82) is 0 Å². The number of unbranched alkanes of at least 4 members (excludes halogenated alkanes) is 1. The molecule has 3 N–H and O–H groups in total. The maximum atomic E-state index is 13.5. The number of methoxy groups -OCH3 is 1. The van der Waals surface area contributed by atoms with Gasteiger partial charge in [-0.25, -0.2) is 24.1 Å². The van der Waals surface area contributed by atoms with Crippen LogP contribution in [0.5, 0.6) is 11.6 Å². The van der Waals surface area contributed by atoms with Crippen LogP contribution < -0.4 is 20.1 Å². The number of nitrogens with zero attached hydrogens (tertiary/aromatic N) is 5. The van der Waals surface area contributed by atoms with Gasteiger partial charge in [-0.15, -0.1) is 0 Å². The average molecular weight is 554 g/mol. The molecule has 0 spiro atoms. The Morgan fingerprint density at radius 1 is 1.18 bits per heavy atom. The van der Waals surface area contributed by atoms with Gasteiger partial charge in [-0.2, -0.15) is 0 Å². The summed E-state index contributed by atoms with van der Waals surface area (Å²) in [4.78, 5) is 30.9. The molecular formula is C28H36FN7O4. The van der Waals surface area contributed by atoms with Crippen LogP contribution in [0.15, 0.2) is 43.0 Å². The van der Waals surface area contributed by atoms with E-state index in [-0.39, 0.29) is 0 Å². The zero-order chi connectivity index (χ0) is 28.2. The van der Waals surface area contributed by atoms with Gasteiger partial charge in [0.1, 0.15) is 35.9 Å². The van der Waals surface area contributed by atoms with Crippen LogP contribution in [0, 0.1) is 5.82 Å². The van der Waals surface area contributed by atoms with Crippen molar-refractivity contribution < 1.29 is 23.8 Å². The van der Waals surface area contributed by atoms with Crippen molar-refractivity contribution in [3.05, 3.63) is 60.1 Å². The van der Waals surface area contributed by atoms with Gasteiger partial charge in [-0.05, 0) is 56.7 Å². The Kier molecular flexibility index (Phi) is 10.8. The number of pyridine rings is 2. The Balaban J connectivity index is 1.30. The molecule has 0 radical (unpaired) electrons. The van der Waals surface area contributed by atoms with E-state index in [4.69, 9.17) is 14.5 Å². The van der Waals surface area contributed by atoms with Gasteiger partial charge in [0.2, 0.25) is 5.88 Å². The highest BCUT2D eigenvalue weighted by Crippen LogP contribution is 2.20. The maximum absolute atomic E-state index is 13.5. The second-order valence-corrected chi connectivity index (χ2v) is 9.59. The molecule has 0 aliphatic carbocycles. The van der Waals surface area contributed by atoms with Crippen molar-refractivity contribution >= 4 is 17.6 Å². The predicted octanol–water partition coefficient (Wildman–Crippen LogP) is 3.43. The number of carboxylic acid groups (broad SMARTS) is 1. The third kappa shape index (κ3) is 9.01. The highest BCUT2D eigenvalue weighted by Gasteiger charge is 2.20. The van der Waals surface area contributed by atoms with Crippen molar-refractivity contribution in [3.8, 4) is 11.6 Å². The summed E-state index contributed by atoms with van der Waals surface area (Å²) in [6, 6.07) is 4.71. The summed E-state index contributed by atoms with van der Waals surface area (Å²) in [7, 11) is 1.49. The number of nitrogens with one attached hydrogen (secondary N) is 2. The molecule has 3 aromatic rings.